The van der Waals surface area contributed by atoms with Crippen molar-refractivity contribution in [1.82, 2.24) is 5.32 Å². The van der Waals surface area contributed by atoms with E-state index in [2.05, 4.69) is 42.0 Å². The van der Waals surface area contributed by atoms with E-state index in [1.807, 2.05) is 18.2 Å². The van der Waals surface area contributed by atoms with Crippen LogP contribution in [0.4, 0.5) is 5.69 Å². The van der Waals surface area contributed by atoms with Crippen LogP contribution in [0.3, 0.4) is 0 Å². The summed E-state index contributed by atoms with van der Waals surface area (Å²) in [5.41, 5.74) is 8.12. The molecule has 0 bridgehead atoms. The first-order valence-electron chi connectivity index (χ1n) is 6.35. The van der Waals surface area contributed by atoms with Gasteiger partial charge in [-0.05, 0) is 43.0 Å². The third-order valence-electron chi connectivity index (χ3n) is 3.75. The molecule has 0 aromatic heterocycles. The Kier molecular flexibility index (Phi) is 5.47. The highest BCUT2D eigenvalue weighted by molar-refractivity contribution is 9.10. The lowest BCUT2D eigenvalue weighted by Crippen LogP contribution is -2.43. The summed E-state index contributed by atoms with van der Waals surface area (Å²) in [6.45, 7) is 7.60. The van der Waals surface area contributed by atoms with Gasteiger partial charge in [0, 0.05) is 22.2 Å². The fraction of sp³-hybridized carbons (Fsp3) is 0.571. The molecule has 17 heavy (non-hydrogen) atoms. The average molecular weight is 299 g/mol. The van der Waals surface area contributed by atoms with Gasteiger partial charge in [0.25, 0.3) is 0 Å². The lowest BCUT2D eigenvalue weighted by atomic mass is 9.89. The highest BCUT2D eigenvalue weighted by Crippen LogP contribution is 2.23. The summed E-state index contributed by atoms with van der Waals surface area (Å²) >= 11 is 3.57. The van der Waals surface area contributed by atoms with E-state index in [9.17, 15) is 0 Å². The predicted molar refractivity (Wildman–Crippen MR) is 79.0 cm³/mol. The Balaban J connectivity index is 2.75. The molecule has 0 heterocycles. The Hall–Kier alpha value is -0.540. The van der Waals surface area contributed by atoms with E-state index in [0.29, 0.717) is 0 Å². The number of nitrogen functional groups attached to an aromatic ring is 1. The summed E-state index contributed by atoms with van der Waals surface area (Å²) in [7, 11) is 0. The Bertz CT molecular complexity index is 351. The number of halogens is 1. The molecular formula is C14H23BrN2. The zero-order valence-electron chi connectivity index (χ0n) is 11.0. The number of nitrogens with two attached hydrogens (primary N) is 1. The number of benzene rings is 1. The van der Waals surface area contributed by atoms with Gasteiger partial charge < -0.3 is 11.1 Å². The molecule has 0 amide bonds. The maximum atomic E-state index is 5.82. The van der Waals surface area contributed by atoms with Crippen LogP contribution in [-0.2, 0) is 6.54 Å². The molecule has 96 valence electrons. The Morgan fingerprint density at radius 1 is 1.18 bits per heavy atom. The molecule has 1 aromatic rings. The molecule has 1 rings (SSSR count). The van der Waals surface area contributed by atoms with Gasteiger partial charge in [0.2, 0.25) is 0 Å². The molecule has 2 nitrogen and oxygen atoms in total. The zero-order valence-corrected chi connectivity index (χ0v) is 12.6. The van der Waals surface area contributed by atoms with Crippen molar-refractivity contribution >= 4 is 21.6 Å². The molecule has 3 heteroatoms. The SMILES string of the molecule is CCC(CC)(CC)NCc1cc(N)ccc1Br. The van der Waals surface area contributed by atoms with Gasteiger partial charge in [0.05, 0.1) is 0 Å². The molecule has 0 saturated carbocycles. The van der Waals surface area contributed by atoms with E-state index in [1.54, 1.807) is 0 Å². The van der Waals surface area contributed by atoms with Crippen LogP contribution in [0.2, 0.25) is 0 Å². The van der Waals surface area contributed by atoms with Gasteiger partial charge in [-0.3, -0.25) is 0 Å². The first kappa shape index (κ1) is 14.5. The molecule has 0 aliphatic heterocycles. The van der Waals surface area contributed by atoms with Crippen LogP contribution < -0.4 is 11.1 Å². The highest BCUT2D eigenvalue weighted by Gasteiger charge is 2.22. The maximum absolute atomic E-state index is 5.82. The van der Waals surface area contributed by atoms with E-state index in [0.717, 1.165) is 36.0 Å². The molecule has 3 N–H and O–H groups in total. The molecule has 0 saturated heterocycles. The number of rotatable bonds is 6. The smallest absolute Gasteiger partial charge is 0.0318 e. The Labute approximate surface area is 113 Å². The van der Waals surface area contributed by atoms with Crippen LogP contribution in [-0.4, -0.2) is 5.54 Å². The first-order valence-corrected chi connectivity index (χ1v) is 7.15. The van der Waals surface area contributed by atoms with E-state index < -0.39 is 0 Å². The fourth-order valence-corrected chi connectivity index (χ4v) is 2.52. The van der Waals surface area contributed by atoms with Crippen molar-refractivity contribution in [1.29, 1.82) is 0 Å². The molecule has 0 atom stereocenters. The molecule has 0 aliphatic rings. The van der Waals surface area contributed by atoms with Crippen LogP contribution in [0.15, 0.2) is 22.7 Å². The van der Waals surface area contributed by atoms with Crippen LogP contribution in [0.5, 0.6) is 0 Å². The maximum Gasteiger partial charge on any atom is 0.0318 e. The van der Waals surface area contributed by atoms with Crippen molar-refractivity contribution < 1.29 is 0 Å². The second-order valence-electron chi connectivity index (χ2n) is 4.55. The second kappa shape index (κ2) is 6.41. The van der Waals surface area contributed by atoms with Gasteiger partial charge in [0.1, 0.15) is 0 Å². The third kappa shape index (κ3) is 3.71. The minimum absolute atomic E-state index is 0.254. The van der Waals surface area contributed by atoms with Gasteiger partial charge in [-0.1, -0.05) is 36.7 Å². The molecular weight excluding hydrogens is 276 g/mol. The summed E-state index contributed by atoms with van der Waals surface area (Å²) < 4.78 is 1.12. The van der Waals surface area contributed by atoms with Crippen LogP contribution in [0.25, 0.3) is 0 Å². The largest absolute Gasteiger partial charge is 0.399 e. The minimum atomic E-state index is 0.254. The van der Waals surface area contributed by atoms with E-state index >= 15 is 0 Å². The van der Waals surface area contributed by atoms with Gasteiger partial charge >= 0.3 is 0 Å². The first-order chi connectivity index (χ1) is 8.06. The van der Waals surface area contributed by atoms with Gasteiger partial charge in [-0.15, -0.1) is 0 Å². The van der Waals surface area contributed by atoms with Crippen molar-refractivity contribution in [3.05, 3.63) is 28.2 Å². The number of hydrogen-bond acceptors (Lipinski definition) is 2. The van der Waals surface area contributed by atoms with Crippen molar-refractivity contribution in [2.24, 2.45) is 0 Å². The third-order valence-corrected chi connectivity index (χ3v) is 4.53. The number of hydrogen-bond donors (Lipinski definition) is 2. The van der Waals surface area contributed by atoms with Gasteiger partial charge in [0.15, 0.2) is 0 Å². The molecule has 0 unspecified atom stereocenters. The average Bonchev–Trinajstić information content (AvgIpc) is 2.35. The summed E-state index contributed by atoms with van der Waals surface area (Å²) in [5.74, 6) is 0. The van der Waals surface area contributed by atoms with Gasteiger partial charge in [-0.25, -0.2) is 0 Å². The summed E-state index contributed by atoms with van der Waals surface area (Å²) in [6.07, 6.45) is 3.46. The highest BCUT2D eigenvalue weighted by atomic mass is 79.9. The van der Waals surface area contributed by atoms with Crippen LogP contribution >= 0.6 is 15.9 Å². The summed E-state index contributed by atoms with van der Waals surface area (Å²) in [4.78, 5) is 0. The zero-order chi connectivity index (χ0) is 12.9. The molecule has 0 radical (unpaired) electrons. The lowest BCUT2D eigenvalue weighted by Gasteiger charge is -2.32. The molecule has 0 aliphatic carbocycles. The lowest BCUT2D eigenvalue weighted by molar-refractivity contribution is 0.288. The monoisotopic (exact) mass is 298 g/mol. The van der Waals surface area contributed by atoms with E-state index in [1.165, 1.54) is 5.56 Å². The minimum Gasteiger partial charge on any atom is -0.399 e. The fourth-order valence-electron chi connectivity index (χ4n) is 2.14. The Morgan fingerprint density at radius 2 is 1.76 bits per heavy atom. The summed E-state index contributed by atoms with van der Waals surface area (Å²) in [5, 5.41) is 3.68. The Morgan fingerprint density at radius 3 is 2.29 bits per heavy atom. The molecule has 1 aromatic carbocycles. The summed E-state index contributed by atoms with van der Waals surface area (Å²) in [6, 6.07) is 5.96. The molecule has 0 fully saturated rings. The topological polar surface area (TPSA) is 38.0 Å². The van der Waals surface area contributed by atoms with Crippen molar-refractivity contribution in [3.63, 3.8) is 0 Å². The van der Waals surface area contributed by atoms with Crippen molar-refractivity contribution in [2.45, 2.75) is 52.1 Å². The van der Waals surface area contributed by atoms with Crippen LogP contribution in [0, 0.1) is 0 Å². The standard InChI is InChI=1S/C14H23BrN2/c1-4-14(5-2,6-3)17-10-11-9-12(16)7-8-13(11)15/h7-9,17H,4-6,10,16H2,1-3H3. The van der Waals surface area contributed by atoms with Crippen LogP contribution in [0.1, 0.15) is 45.6 Å². The van der Waals surface area contributed by atoms with Gasteiger partial charge in [-0.2, -0.15) is 0 Å². The van der Waals surface area contributed by atoms with E-state index in [4.69, 9.17) is 5.73 Å². The number of nitrogens with one attached hydrogen (secondary N) is 1. The normalized spacial score (nSPS) is 11.8. The van der Waals surface area contributed by atoms with E-state index in [-0.39, 0.29) is 5.54 Å². The number of anilines is 1. The predicted octanol–water partition coefficient (Wildman–Crippen LogP) is 4.09. The quantitative estimate of drug-likeness (QED) is 0.776. The molecule has 0 spiro atoms. The van der Waals surface area contributed by atoms with Crippen molar-refractivity contribution in [2.75, 3.05) is 5.73 Å². The van der Waals surface area contributed by atoms with Crippen molar-refractivity contribution in [3.8, 4) is 0 Å². The second-order valence-corrected chi connectivity index (χ2v) is 5.40.